The summed E-state index contributed by atoms with van der Waals surface area (Å²) in [5.74, 6) is -2.14. The molecule has 1 aromatic carbocycles. The molecule has 5 heteroatoms. The van der Waals surface area contributed by atoms with Crippen LogP contribution >= 0.6 is 15.9 Å². The zero-order valence-electron chi connectivity index (χ0n) is 5.84. The van der Waals surface area contributed by atoms with Gasteiger partial charge in [-0.3, -0.25) is 0 Å². The second-order valence-corrected chi connectivity index (χ2v) is 3.02. The lowest BCUT2D eigenvalue weighted by atomic mass is 10.2. The van der Waals surface area contributed by atoms with Crippen molar-refractivity contribution in [3.8, 4) is 0 Å². The second-order valence-electron chi connectivity index (χ2n) is 2.17. The van der Waals surface area contributed by atoms with Crippen molar-refractivity contribution >= 4 is 27.6 Å². The Morgan fingerprint density at radius 2 is 2.17 bits per heavy atom. The summed E-state index contributed by atoms with van der Waals surface area (Å²) < 4.78 is 13.0. The molecule has 0 atom stereocenters. The highest BCUT2D eigenvalue weighted by Crippen LogP contribution is 2.22. The number of halogens is 2. The highest BCUT2D eigenvalue weighted by atomic mass is 79.9. The molecule has 0 radical (unpaired) electrons. The number of nitrogen functional groups attached to an aromatic ring is 1. The summed E-state index contributed by atoms with van der Waals surface area (Å²) in [4.78, 5) is 10.4. The average Bonchev–Trinajstić information content (AvgIpc) is 1.96. The van der Waals surface area contributed by atoms with Gasteiger partial charge in [0.25, 0.3) is 0 Å². The van der Waals surface area contributed by atoms with E-state index in [1.807, 2.05) is 0 Å². The highest BCUT2D eigenvalue weighted by molar-refractivity contribution is 9.10. The number of rotatable bonds is 1. The molecule has 0 saturated heterocycles. The third-order valence-corrected chi connectivity index (χ3v) is 1.86. The van der Waals surface area contributed by atoms with Crippen LogP contribution in [0.2, 0.25) is 0 Å². The topological polar surface area (TPSA) is 63.3 Å². The number of benzene rings is 1. The summed E-state index contributed by atoms with van der Waals surface area (Å²) in [6, 6.07) is 2.38. The maximum absolute atomic E-state index is 12.9. The molecule has 1 aromatic rings. The van der Waals surface area contributed by atoms with Gasteiger partial charge in [-0.15, -0.1) is 0 Å². The number of carboxylic acids is 1. The lowest BCUT2D eigenvalue weighted by Crippen LogP contribution is -2.02. The quantitative estimate of drug-likeness (QED) is 0.729. The lowest BCUT2D eigenvalue weighted by Gasteiger charge is -2.01. The Morgan fingerprint density at radius 1 is 1.58 bits per heavy atom. The molecule has 0 aliphatic heterocycles. The summed E-state index contributed by atoms with van der Waals surface area (Å²) in [7, 11) is 0. The smallest absolute Gasteiger partial charge is 0.338 e. The minimum atomic E-state index is -1.33. The highest BCUT2D eigenvalue weighted by Gasteiger charge is 2.13. The predicted octanol–water partition coefficient (Wildman–Crippen LogP) is 1.87. The molecular weight excluding hydrogens is 229 g/mol. The van der Waals surface area contributed by atoms with Crippen molar-refractivity contribution in [2.24, 2.45) is 0 Å². The normalized spacial score (nSPS) is 9.83. The van der Waals surface area contributed by atoms with Gasteiger partial charge >= 0.3 is 5.97 Å². The molecule has 64 valence electrons. The first-order valence-corrected chi connectivity index (χ1v) is 3.79. The van der Waals surface area contributed by atoms with Crippen molar-refractivity contribution in [3.05, 3.63) is 28.0 Å². The van der Waals surface area contributed by atoms with E-state index in [0.717, 1.165) is 6.07 Å². The van der Waals surface area contributed by atoms with Crippen LogP contribution in [0.3, 0.4) is 0 Å². The first-order chi connectivity index (χ1) is 5.52. The average molecular weight is 234 g/mol. The van der Waals surface area contributed by atoms with E-state index in [4.69, 9.17) is 10.8 Å². The number of anilines is 1. The molecule has 0 fully saturated rings. The summed E-state index contributed by atoms with van der Waals surface area (Å²) in [5.41, 5.74) is 5.09. The molecule has 0 aliphatic rings. The van der Waals surface area contributed by atoms with E-state index in [1.165, 1.54) is 6.07 Å². The third kappa shape index (κ3) is 1.55. The fourth-order valence-corrected chi connectivity index (χ4v) is 1.24. The van der Waals surface area contributed by atoms with Crippen LogP contribution in [0, 0.1) is 5.82 Å². The minimum absolute atomic E-state index is 0.0555. The Balaban J connectivity index is 3.37. The molecule has 3 N–H and O–H groups in total. The number of hydrogen-bond acceptors (Lipinski definition) is 2. The molecule has 0 saturated carbocycles. The molecule has 1 rings (SSSR count). The van der Waals surface area contributed by atoms with Crippen molar-refractivity contribution in [3.63, 3.8) is 0 Å². The summed E-state index contributed by atoms with van der Waals surface area (Å²) in [5, 5.41) is 8.50. The second kappa shape index (κ2) is 3.10. The van der Waals surface area contributed by atoms with E-state index < -0.39 is 17.3 Å². The predicted molar refractivity (Wildman–Crippen MR) is 45.5 cm³/mol. The van der Waals surface area contributed by atoms with Gasteiger partial charge in [-0.25, -0.2) is 9.18 Å². The third-order valence-electron chi connectivity index (χ3n) is 1.28. The molecule has 0 amide bonds. The van der Waals surface area contributed by atoms with Gasteiger partial charge in [0.05, 0.1) is 10.0 Å². The Bertz CT molecular complexity index is 340. The molecule has 0 heterocycles. The summed E-state index contributed by atoms with van der Waals surface area (Å²) in [6.07, 6.45) is 0. The first-order valence-electron chi connectivity index (χ1n) is 3.00. The van der Waals surface area contributed by atoms with Crippen molar-refractivity contribution in [2.75, 3.05) is 5.73 Å². The van der Waals surface area contributed by atoms with E-state index in [-0.39, 0.29) is 10.2 Å². The Hall–Kier alpha value is -1.10. The Kier molecular flexibility index (Phi) is 2.32. The van der Waals surface area contributed by atoms with Crippen molar-refractivity contribution in [1.82, 2.24) is 0 Å². The van der Waals surface area contributed by atoms with Crippen molar-refractivity contribution in [2.45, 2.75) is 0 Å². The Morgan fingerprint density at radius 3 is 2.67 bits per heavy atom. The largest absolute Gasteiger partial charge is 0.478 e. The monoisotopic (exact) mass is 233 g/mol. The number of carbonyl (C=O) groups is 1. The molecular formula is C7H5BrFNO2. The van der Waals surface area contributed by atoms with Gasteiger partial charge in [-0.2, -0.15) is 0 Å². The van der Waals surface area contributed by atoms with Crippen molar-refractivity contribution in [1.29, 1.82) is 0 Å². The molecule has 12 heavy (non-hydrogen) atoms. The van der Waals surface area contributed by atoms with Gasteiger partial charge in [-0.05, 0) is 28.1 Å². The van der Waals surface area contributed by atoms with Crippen LogP contribution < -0.4 is 5.73 Å². The molecule has 0 aromatic heterocycles. The Labute approximate surface area is 76.1 Å². The lowest BCUT2D eigenvalue weighted by molar-refractivity contribution is 0.0692. The molecule has 0 spiro atoms. The zero-order chi connectivity index (χ0) is 9.30. The first kappa shape index (κ1) is 8.99. The number of nitrogens with two attached hydrogens (primary N) is 1. The van der Waals surface area contributed by atoms with Gasteiger partial charge in [0.2, 0.25) is 0 Å². The van der Waals surface area contributed by atoms with Gasteiger partial charge < -0.3 is 10.8 Å². The van der Waals surface area contributed by atoms with Gasteiger partial charge in [0.1, 0.15) is 0 Å². The van der Waals surface area contributed by atoms with Crippen LogP contribution in [0.5, 0.6) is 0 Å². The maximum atomic E-state index is 12.9. The van der Waals surface area contributed by atoms with Crippen molar-refractivity contribution < 1.29 is 14.3 Å². The van der Waals surface area contributed by atoms with Gasteiger partial charge in [0.15, 0.2) is 5.82 Å². The van der Waals surface area contributed by atoms with Crippen LogP contribution in [0.4, 0.5) is 10.1 Å². The van der Waals surface area contributed by atoms with E-state index in [1.54, 1.807) is 0 Å². The number of carboxylic acid groups (broad SMARTS) is 1. The fourth-order valence-electron chi connectivity index (χ4n) is 0.766. The number of hydrogen-bond donors (Lipinski definition) is 2. The number of aromatic carboxylic acids is 1. The van der Waals surface area contributed by atoms with Gasteiger partial charge in [-0.1, -0.05) is 0 Å². The van der Waals surface area contributed by atoms with E-state index in [9.17, 15) is 9.18 Å². The summed E-state index contributed by atoms with van der Waals surface area (Å²) >= 11 is 2.85. The zero-order valence-corrected chi connectivity index (χ0v) is 7.43. The minimum Gasteiger partial charge on any atom is -0.478 e. The maximum Gasteiger partial charge on any atom is 0.338 e. The molecule has 3 nitrogen and oxygen atoms in total. The van der Waals surface area contributed by atoms with Gasteiger partial charge in [0, 0.05) is 5.69 Å². The van der Waals surface area contributed by atoms with Crippen LogP contribution in [0.25, 0.3) is 0 Å². The van der Waals surface area contributed by atoms with E-state index in [2.05, 4.69) is 15.9 Å². The van der Waals surface area contributed by atoms with E-state index in [0.29, 0.717) is 0 Å². The van der Waals surface area contributed by atoms with Crippen LogP contribution in [0.1, 0.15) is 10.4 Å². The standard InChI is InChI=1S/C7H5BrFNO2/c8-5-2-3(10)1-4(6(5)9)7(11)12/h1-2H,10H2,(H,11,12). The van der Waals surface area contributed by atoms with E-state index >= 15 is 0 Å². The SMILES string of the molecule is Nc1cc(Br)c(F)c(C(=O)O)c1. The molecule has 0 unspecified atom stereocenters. The molecule has 0 aliphatic carbocycles. The van der Waals surface area contributed by atoms with Crippen LogP contribution in [-0.4, -0.2) is 11.1 Å². The fraction of sp³-hybridized carbons (Fsp3) is 0. The van der Waals surface area contributed by atoms with Crippen LogP contribution in [-0.2, 0) is 0 Å². The molecule has 0 bridgehead atoms. The van der Waals surface area contributed by atoms with Crippen LogP contribution in [0.15, 0.2) is 16.6 Å². The summed E-state index contributed by atoms with van der Waals surface area (Å²) in [6.45, 7) is 0.